The van der Waals surface area contributed by atoms with E-state index < -0.39 is 0 Å². The quantitative estimate of drug-likeness (QED) is 0.289. The molecule has 4 heteroatoms. The molecule has 5 rings (SSSR count). The van der Waals surface area contributed by atoms with Crippen LogP contribution in [0.25, 0.3) is 41.1 Å². The molecule has 0 aliphatic rings. The first-order chi connectivity index (χ1) is 11.7. The molecule has 0 bridgehead atoms. The molecule has 0 atom stereocenters. The Morgan fingerprint density at radius 3 is 1.42 bits per heavy atom. The lowest BCUT2D eigenvalue weighted by Crippen LogP contribution is -1.81. The highest BCUT2D eigenvalue weighted by atomic mass is 32.1. The second-order valence-electron chi connectivity index (χ2n) is 5.90. The lowest BCUT2D eigenvalue weighted by Gasteiger charge is -2.09. The topological polar surface area (TPSA) is 0 Å². The molecule has 0 saturated heterocycles. The molecule has 4 heterocycles. The highest BCUT2D eigenvalue weighted by Gasteiger charge is 2.19. The van der Waals surface area contributed by atoms with E-state index in [0.29, 0.717) is 0 Å². The molecule has 0 aliphatic heterocycles. The number of rotatable bonds is 2. The molecule has 24 heavy (non-hydrogen) atoms. The number of aryl methyl sites for hydroxylation is 2. The van der Waals surface area contributed by atoms with Crippen LogP contribution in [0.5, 0.6) is 0 Å². The third-order valence-electron chi connectivity index (χ3n) is 4.30. The predicted molar refractivity (Wildman–Crippen MR) is 113 cm³/mol. The van der Waals surface area contributed by atoms with E-state index in [0.717, 1.165) is 0 Å². The molecule has 118 valence electrons. The minimum atomic E-state index is 1.37. The van der Waals surface area contributed by atoms with E-state index in [-0.39, 0.29) is 0 Å². The number of fused-ring (bicyclic) bond motifs is 2. The number of thiophene rings is 4. The maximum Gasteiger partial charge on any atom is 0.0442 e. The van der Waals surface area contributed by atoms with Gasteiger partial charge < -0.3 is 0 Å². The zero-order valence-electron chi connectivity index (χ0n) is 13.3. The van der Waals surface area contributed by atoms with Crippen molar-refractivity contribution in [2.24, 2.45) is 0 Å². The Morgan fingerprint density at radius 2 is 1.04 bits per heavy atom. The van der Waals surface area contributed by atoms with Crippen LogP contribution < -0.4 is 0 Å². The summed E-state index contributed by atoms with van der Waals surface area (Å²) in [5, 5.41) is 7.28. The fourth-order valence-corrected chi connectivity index (χ4v) is 7.22. The fraction of sp³-hybridized carbons (Fsp3) is 0.100. The van der Waals surface area contributed by atoms with Crippen molar-refractivity contribution in [1.82, 2.24) is 0 Å². The first-order valence-corrected chi connectivity index (χ1v) is 11.2. The fourth-order valence-electron chi connectivity index (χ4n) is 3.27. The molecule has 0 N–H and O–H groups in total. The van der Waals surface area contributed by atoms with Gasteiger partial charge in [-0.15, -0.1) is 45.3 Å². The van der Waals surface area contributed by atoms with Crippen molar-refractivity contribution in [1.29, 1.82) is 0 Å². The van der Waals surface area contributed by atoms with Crippen LogP contribution in [0.2, 0.25) is 0 Å². The van der Waals surface area contributed by atoms with E-state index in [2.05, 4.69) is 61.0 Å². The number of hydrogen-bond acceptors (Lipinski definition) is 4. The summed E-state index contributed by atoms with van der Waals surface area (Å²) < 4.78 is 2.84. The van der Waals surface area contributed by atoms with Crippen LogP contribution >= 0.6 is 45.3 Å². The molecule has 0 amide bonds. The molecule has 0 spiro atoms. The zero-order valence-corrected chi connectivity index (χ0v) is 16.5. The Balaban J connectivity index is 1.96. The van der Waals surface area contributed by atoms with Crippen LogP contribution in [-0.4, -0.2) is 0 Å². The average molecular weight is 383 g/mol. The summed E-state index contributed by atoms with van der Waals surface area (Å²) in [5.74, 6) is 0. The van der Waals surface area contributed by atoms with Crippen molar-refractivity contribution in [3.63, 3.8) is 0 Å². The molecule has 5 aromatic rings. The van der Waals surface area contributed by atoms with Gasteiger partial charge in [-0.3, -0.25) is 0 Å². The van der Waals surface area contributed by atoms with E-state index in [1.807, 2.05) is 45.3 Å². The van der Waals surface area contributed by atoms with Crippen molar-refractivity contribution in [2.75, 3.05) is 0 Å². The van der Waals surface area contributed by atoms with Crippen molar-refractivity contribution >= 4 is 65.5 Å². The SMILES string of the molecule is Cc1ccc(-c2c3ccsc3c(-c3ccc(C)s3)c3ccsc23)s1. The van der Waals surface area contributed by atoms with Gasteiger partial charge in [-0.1, -0.05) is 0 Å². The largest absolute Gasteiger partial charge is 0.143 e. The summed E-state index contributed by atoms with van der Waals surface area (Å²) in [6.45, 7) is 4.38. The maximum atomic E-state index is 2.30. The number of hydrogen-bond donors (Lipinski definition) is 0. The minimum Gasteiger partial charge on any atom is -0.143 e. The molecular weight excluding hydrogens is 368 g/mol. The van der Waals surface area contributed by atoms with E-state index >= 15 is 0 Å². The normalized spacial score (nSPS) is 11.8. The Kier molecular flexibility index (Phi) is 3.42. The van der Waals surface area contributed by atoms with Gasteiger partial charge in [0.15, 0.2) is 0 Å². The third-order valence-corrected chi connectivity index (χ3v) is 8.20. The molecule has 0 fully saturated rings. The summed E-state index contributed by atoms with van der Waals surface area (Å²) >= 11 is 7.53. The summed E-state index contributed by atoms with van der Waals surface area (Å²) in [6.07, 6.45) is 0. The van der Waals surface area contributed by atoms with Crippen LogP contribution in [0, 0.1) is 13.8 Å². The molecule has 0 saturated carbocycles. The Morgan fingerprint density at radius 1 is 0.583 bits per heavy atom. The van der Waals surface area contributed by atoms with Gasteiger partial charge in [-0.2, -0.15) is 0 Å². The predicted octanol–water partition coefficient (Wildman–Crippen LogP) is 8.19. The summed E-state index contributed by atoms with van der Waals surface area (Å²) in [5.41, 5.74) is 2.85. The Bertz CT molecular complexity index is 1040. The summed E-state index contributed by atoms with van der Waals surface area (Å²) in [7, 11) is 0. The molecule has 0 nitrogen and oxygen atoms in total. The van der Waals surface area contributed by atoms with Crippen molar-refractivity contribution < 1.29 is 0 Å². The lowest BCUT2D eigenvalue weighted by molar-refractivity contribution is 1.64. The van der Waals surface area contributed by atoms with Crippen molar-refractivity contribution in [3.8, 4) is 20.9 Å². The third kappa shape index (κ3) is 2.14. The van der Waals surface area contributed by atoms with Gasteiger partial charge in [-0.25, -0.2) is 0 Å². The summed E-state index contributed by atoms with van der Waals surface area (Å²) in [6, 6.07) is 13.6. The molecule has 0 aliphatic carbocycles. The second-order valence-corrected chi connectivity index (χ2v) is 10.3. The Hall–Kier alpha value is -1.46. The number of benzene rings is 1. The first kappa shape index (κ1) is 14.8. The van der Waals surface area contributed by atoms with Gasteiger partial charge in [0.05, 0.1) is 0 Å². The monoisotopic (exact) mass is 382 g/mol. The molecular formula is C20H14S4. The maximum absolute atomic E-state index is 2.30. The average Bonchev–Trinajstić information content (AvgIpc) is 3.31. The smallest absolute Gasteiger partial charge is 0.0442 e. The van der Waals surface area contributed by atoms with E-state index in [9.17, 15) is 0 Å². The van der Waals surface area contributed by atoms with Gasteiger partial charge in [0.1, 0.15) is 0 Å². The van der Waals surface area contributed by atoms with Crippen LogP contribution in [0.1, 0.15) is 9.75 Å². The lowest BCUT2D eigenvalue weighted by atomic mass is 10.0. The van der Waals surface area contributed by atoms with E-state index in [4.69, 9.17) is 0 Å². The van der Waals surface area contributed by atoms with E-state index in [1.165, 1.54) is 50.8 Å². The minimum absolute atomic E-state index is 1.37. The van der Waals surface area contributed by atoms with Crippen LogP contribution in [0.4, 0.5) is 0 Å². The van der Waals surface area contributed by atoms with Gasteiger partial charge in [-0.05, 0) is 61.0 Å². The molecule has 0 radical (unpaired) electrons. The standard InChI is InChI=1S/C20H14S4/c1-11-3-5-15(23-11)17-13-7-9-22-20(13)18(14-8-10-21-19(14)17)16-6-4-12(2)24-16/h3-10H,1-2H3. The Labute approximate surface area is 156 Å². The molecule has 1 aromatic carbocycles. The van der Waals surface area contributed by atoms with Crippen LogP contribution in [0.3, 0.4) is 0 Å². The second kappa shape index (κ2) is 5.53. The molecule has 4 aromatic heterocycles. The van der Waals surface area contributed by atoms with Gasteiger partial charge in [0.2, 0.25) is 0 Å². The van der Waals surface area contributed by atoms with Gasteiger partial charge >= 0.3 is 0 Å². The van der Waals surface area contributed by atoms with Crippen LogP contribution in [0.15, 0.2) is 47.2 Å². The highest BCUT2D eigenvalue weighted by Crippen LogP contribution is 2.49. The highest BCUT2D eigenvalue weighted by molar-refractivity contribution is 7.22. The molecule has 0 unspecified atom stereocenters. The van der Waals surface area contributed by atoms with Crippen LogP contribution in [-0.2, 0) is 0 Å². The van der Waals surface area contributed by atoms with Crippen molar-refractivity contribution in [3.05, 3.63) is 56.9 Å². The van der Waals surface area contributed by atoms with E-state index in [1.54, 1.807) is 0 Å². The van der Waals surface area contributed by atoms with Gasteiger partial charge in [0.25, 0.3) is 0 Å². The van der Waals surface area contributed by atoms with Gasteiger partial charge in [0, 0.05) is 50.8 Å². The zero-order chi connectivity index (χ0) is 16.3. The first-order valence-electron chi connectivity index (χ1n) is 7.76. The van der Waals surface area contributed by atoms with Crippen molar-refractivity contribution in [2.45, 2.75) is 13.8 Å². The summed E-state index contributed by atoms with van der Waals surface area (Å²) in [4.78, 5) is 5.52.